The van der Waals surface area contributed by atoms with Crippen molar-refractivity contribution >= 4 is 29.1 Å². The van der Waals surface area contributed by atoms with Crippen molar-refractivity contribution in [2.75, 3.05) is 28.6 Å². The molecule has 0 spiro atoms. The smallest absolute Gasteiger partial charge is 0.320 e. The molecule has 0 bridgehead atoms. The van der Waals surface area contributed by atoms with Crippen LogP contribution in [0.25, 0.3) is 0 Å². The molecule has 1 saturated heterocycles. The number of nitrogens with one attached hydrogen (secondary N) is 2. The van der Waals surface area contributed by atoms with Gasteiger partial charge in [-0.3, -0.25) is 4.90 Å². The number of benzene rings is 3. The second-order valence-corrected chi connectivity index (χ2v) is 9.10. The van der Waals surface area contributed by atoms with Gasteiger partial charge in [0.05, 0.1) is 0 Å². The summed E-state index contributed by atoms with van der Waals surface area (Å²) >= 11 is 0. The van der Waals surface area contributed by atoms with Crippen LogP contribution in [0.5, 0.6) is 0 Å². The van der Waals surface area contributed by atoms with Gasteiger partial charge < -0.3 is 15.5 Å². The van der Waals surface area contributed by atoms with E-state index < -0.39 is 0 Å². The third kappa shape index (κ3) is 5.76. The maximum absolute atomic E-state index is 13.2. The Labute approximate surface area is 201 Å². The summed E-state index contributed by atoms with van der Waals surface area (Å²) < 4.78 is 0. The number of hydrogen-bond acceptors (Lipinski definition) is 2. The Bertz CT molecular complexity index is 1120. The Balaban J connectivity index is 1.36. The fraction of sp³-hybridized carbons (Fsp3) is 0.286. The molecule has 176 valence electrons. The van der Waals surface area contributed by atoms with Gasteiger partial charge in [0.25, 0.3) is 0 Å². The zero-order chi connectivity index (χ0) is 24.1. The lowest BCUT2D eigenvalue weighted by Crippen LogP contribution is -2.49. The van der Waals surface area contributed by atoms with Gasteiger partial charge in [-0.2, -0.15) is 0 Å². The minimum absolute atomic E-state index is 0.0111. The first-order valence-corrected chi connectivity index (χ1v) is 11.8. The van der Waals surface area contributed by atoms with Crippen molar-refractivity contribution in [3.05, 3.63) is 89.5 Å². The lowest BCUT2D eigenvalue weighted by atomic mass is 10.0. The second kappa shape index (κ2) is 10.4. The average molecular weight is 457 g/mol. The van der Waals surface area contributed by atoms with Gasteiger partial charge in [-0.05, 0) is 66.8 Å². The third-order valence-corrected chi connectivity index (χ3v) is 6.08. The second-order valence-electron chi connectivity index (χ2n) is 9.10. The number of aryl methyl sites for hydroxylation is 1. The Hall–Kier alpha value is -3.80. The van der Waals surface area contributed by atoms with Crippen molar-refractivity contribution in [1.29, 1.82) is 0 Å². The first-order chi connectivity index (χ1) is 16.4. The maximum Gasteiger partial charge on any atom is 0.324 e. The lowest BCUT2D eigenvalue weighted by molar-refractivity contribution is 0.192. The first-order valence-electron chi connectivity index (χ1n) is 11.8. The van der Waals surface area contributed by atoms with Gasteiger partial charge in [-0.1, -0.05) is 55.8 Å². The minimum Gasteiger partial charge on any atom is -0.320 e. The molecule has 1 heterocycles. The number of nitrogens with zero attached hydrogens (tertiary/aromatic N) is 2. The monoisotopic (exact) mass is 456 g/mol. The van der Waals surface area contributed by atoms with E-state index in [1.165, 1.54) is 5.56 Å². The Morgan fingerprint density at radius 3 is 2.03 bits per heavy atom. The molecule has 0 unspecified atom stereocenters. The summed E-state index contributed by atoms with van der Waals surface area (Å²) in [5, 5.41) is 5.66. The average Bonchev–Trinajstić information content (AvgIpc) is 2.83. The molecular formula is C28H32N4O2. The summed E-state index contributed by atoms with van der Waals surface area (Å²) in [5.74, 6) is 0.493. The summed E-state index contributed by atoms with van der Waals surface area (Å²) in [7, 11) is 0. The van der Waals surface area contributed by atoms with Gasteiger partial charge in [-0.25, -0.2) is 9.59 Å². The van der Waals surface area contributed by atoms with Gasteiger partial charge in [0.1, 0.15) is 0 Å². The van der Waals surface area contributed by atoms with Crippen LogP contribution in [0.1, 0.15) is 42.9 Å². The van der Waals surface area contributed by atoms with Crippen LogP contribution in [-0.4, -0.2) is 30.1 Å². The fourth-order valence-electron chi connectivity index (χ4n) is 4.05. The highest BCUT2D eigenvalue weighted by molar-refractivity contribution is 6.00. The summed E-state index contributed by atoms with van der Waals surface area (Å²) in [5.41, 5.74) is 5.80. The van der Waals surface area contributed by atoms with Crippen LogP contribution in [0, 0.1) is 6.92 Å². The van der Waals surface area contributed by atoms with E-state index >= 15 is 0 Å². The predicted molar refractivity (Wildman–Crippen MR) is 139 cm³/mol. The molecule has 4 rings (SSSR count). The first kappa shape index (κ1) is 23.4. The zero-order valence-electron chi connectivity index (χ0n) is 20.0. The number of rotatable bonds is 6. The molecule has 3 aromatic rings. The summed E-state index contributed by atoms with van der Waals surface area (Å²) in [6, 6.07) is 23.2. The molecule has 6 nitrogen and oxygen atoms in total. The largest absolute Gasteiger partial charge is 0.324 e. The van der Waals surface area contributed by atoms with Crippen LogP contribution >= 0.6 is 0 Å². The molecule has 34 heavy (non-hydrogen) atoms. The number of carbonyl (C=O) groups is 2. The van der Waals surface area contributed by atoms with E-state index in [-0.39, 0.29) is 12.1 Å². The molecule has 1 fully saturated rings. The van der Waals surface area contributed by atoms with Crippen molar-refractivity contribution in [3.8, 4) is 0 Å². The number of urea groups is 2. The molecule has 0 saturated carbocycles. The minimum atomic E-state index is -0.305. The molecule has 2 N–H and O–H groups in total. The zero-order valence-corrected chi connectivity index (χ0v) is 20.0. The van der Waals surface area contributed by atoms with E-state index in [1.807, 2.05) is 65.3 Å². The summed E-state index contributed by atoms with van der Waals surface area (Å²) in [6.07, 6.45) is 0.911. The Kier molecular flexibility index (Phi) is 7.16. The van der Waals surface area contributed by atoms with E-state index in [2.05, 4.69) is 48.7 Å². The van der Waals surface area contributed by atoms with Crippen LogP contribution in [-0.2, 0) is 6.54 Å². The Morgan fingerprint density at radius 1 is 0.853 bits per heavy atom. The molecule has 0 radical (unpaired) electrons. The molecule has 6 heteroatoms. The van der Waals surface area contributed by atoms with E-state index in [0.717, 1.165) is 35.5 Å². The standard InChI is InChI=1S/C28H32N4O2/c1-20(2)23-9-7-22(8-10-23)19-31-17-4-18-32(28(31)34)26-15-13-25(14-16-26)30-27(33)29-24-11-5-21(3)6-12-24/h5-16,20H,4,17-19H2,1-3H3,(H2,29,30,33). The van der Waals surface area contributed by atoms with E-state index in [0.29, 0.717) is 24.7 Å². The van der Waals surface area contributed by atoms with E-state index in [1.54, 1.807) is 0 Å². The summed E-state index contributed by atoms with van der Waals surface area (Å²) in [4.78, 5) is 29.2. The highest BCUT2D eigenvalue weighted by Gasteiger charge is 2.26. The van der Waals surface area contributed by atoms with Crippen molar-refractivity contribution in [1.82, 2.24) is 4.90 Å². The number of anilines is 3. The highest BCUT2D eigenvalue weighted by atomic mass is 16.2. The van der Waals surface area contributed by atoms with Crippen LogP contribution in [0.3, 0.4) is 0 Å². The van der Waals surface area contributed by atoms with Gasteiger partial charge in [-0.15, -0.1) is 0 Å². The molecule has 4 amide bonds. The van der Waals surface area contributed by atoms with Crippen molar-refractivity contribution < 1.29 is 9.59 Å². The molecular weight excluding hydrogens is 424 g/mol. The molecule has 0 atom stereocenters. The van der Waals surface area contributed by atoms with Crippen molar-refractivity contribution in [3.63, 3.8) is 0 Å². The van der Waals surface area contributed by atoms with Crippen LogP contribution in [0.2, 0.25) is 0 Å². The number of amides is 4. The highest BCUT2D eigenvalue weighted by Crippen LogP contribution is 2.24. The molecule has 0 aliphatic carbocycles. The molecule has 1 aliphatic heterocycles. The van der Waals surface area contributed by atoms with Crippen LogP contribution in [0.15, 0.2) is 72.8 Å². The van der Waals surface area contributed by atoms with Crippen LogP contribution in [0.4, 0.5) is 26.7 Å². The molecule has 3 aromatic carbocycles. The SMILES string of the molecule is Cc1ccc(NC(=O)Nc2ccc(N3CCCN(Cc4ccc(C(C)C)cc4)C3=O)cc2)cc1. The van der Waals surface area contributed by atoms with E-state index in [9.17, 15) is 9.59 Å². The van der Waals surface area contributed by atoms with Crippen molar-refractivity contribution in [2.24, 2.45) is 0 Å². The third-order valence-electron chi connectivity index (χ3n) is 6.08. The molecule has 1 aliphatic rings. The normalized spacial score (nSPS) is 13.8. The fourth-order valence-corrected chi connectivity index (χ4v) is 4.05. The summed E-state index contributed by atoms with van der Waals surface area (Å²) in [6.45, 7) is 8.40. The Morgan fingerprint density at radius 2 is 1.44 bits per heavy atom. The van der Waals surface area contributed by atoms with Gasteiger partial charge >= 0.3 is 12.1 Å². The predicted octanol–water partition coefficient (Wildman–Crippen LogP) is 6.59. The maximum atomic E-state index is 13.2. The topological polar surface area (TPSA) is 64.7 Å². The molecule has 0 aromatic heterocycles. The van der Waals surface area contributed by atoms with Crippen molar-refractivity contribution in [2.45, 2.75) is 39.7 Å². The van der Waals surface area contributed by atoms with Crippen LogP contribution < -0.4 is 15.5 Å². The quantitative estimate of drug-likeness (QED) is 0.439. The number of hydrogen-bond donors (Lipinski definition) is 2. The number of carbonyl (C=O) groups excluding carboxylic acids is 2. The lowest BCUT2D eigenvalue weighted by Gasteiger charge is -2.35. The van der Waals surface area contributed by atoms with Gasteiger partial charge in [0.15, 0.2) is 0 Å². The van der Waals surface area contributed by atoms with E-state index in [4.69, 9.17) is 0 Å². The van der Waals surface area contributed by atoms with Gasteiger partial charge in [0, 0.05) is 36.7 Å². The van der Waals surface area contributed by atoms with Gasteiger partial charge in [0.2, 0.25) is 0 Å².